The highest BCUT2D eigenvalue weighted by Gasteiger charge is 2.14. The number of thiophene rings is 1. The predicted molar refractivity (Wildman–Crippen MR) is 104 cm³/mol. The zero-order chi connectivity index (χ0) is 19.8. The number of hydrogen-bond donors (Lipinski definition) is 3. The van der Waals surface area contributed by atoms with Gasteiger partial charge in [-0.3, -0.25) is 25.2 Å². The van der Waals surface area contributed by atoms with Crippen LogP contribution in [0.1, 0.15) is 43.8 Å². The maximum atomic E-state index is 12.1. The molecule has 3 N–H and O–H groups in total. The summed E-state index contributed by atoms with van der Waals surface area (Å²) in [6.07, 6.45) is 0.896. The smallest absolute Gasteiger partial charge is 0.279 e. The maximum Gasteiger partial charge on any atom is 0.279 e. The third-order valence-electron chi connectivity index (χ3n) is 3.87. The molecule has 1 aromatic heterocycles. The summed E-state index contributed by atoms with van der Waals surface area (Å²) in [5.41, 5.74) is 6.21. The second-order valence-electron chi connectivity index (χ2n) is 5.78. The first-order chi connectivity index (χ1) is 13.0. The Balaban J connectivity index is 1.76. The number of para-hydroxylation sites is 1. The van der Waals surface area contributed by atoms with Gasteiger partial charge in [0.2, 0.25) is 5.91 Å². The number of amides is 3. The zero-order valence-corrected chi connectivity index (χ0v) is 16.4. The molecule has 3 amide bonds. The van der Waals surface area contributed by atoms with Crippen LogP contribution in [-0.4, -0.2) is 31.4 Å². The van der Waals surface area contributed by atoms with Crippen LogP contribution in [-0.2, 0) is 11.2 Å². The SMILES string of the molecule is CCc1sc(C(=O)NNC(=O)CCNC(=O)c2ccccc2OC)cc1C. The molecule has 0 aliphatic heterocycles. The number of ether oxygens (including phenoxy) is 1. The monoisotopic (exact) mass is 389 g/mol. The fraction of sp³-hybridized carbons (Fsp3) is 0.316. The second-order valence-corrected chi connectivity index (χ2v) is 6.92. The minimum Gasteiger partial charge on any atom is -0.496 e. The molecular formula is C19H23N3O4S. The lowest BCUT2D eigenvalue weighted by Crippen LogP contribution is -2.42. The van der Waals surface area contributed by atoms with E-state index in [2.05, 4.69) is 16.2 Å². The van der Waals surface area contributed by atoms with Gasteiger partial charge in [-0.25, -0.2) is 0 Å². The van der Waals surface area contributed by atoms with Gasteiger partial charge in [0.05, 0.1) is 17.6 Å². The molecule has 0 aliphatic rings. The molecule has 8 heteroatoms. The summed E-state index contributed by atoms with van der Waals surface area (Å²) in [4.78, 5) is 37.7. The Kier molecular flexibility index (Phi) is 7.36. The molecule has 0 bridgehead atoms. The van der Waals surface area contributed by atoms with Gasteiger partial charge in [-0.05, 0) is 37.1 Å². The number of rotatable bonds is 7. The molecule has 1 heterocycles. The lowest BCUT2D eigenvalue weighted by Gasteiger charge is -2.09. The number of benzene rings is 1. The molecule has 27 heavy (non-hydrogen) atoms. The number of aryl methyl sites for hydroxylation is 2. The first-order valence-electron chi connectivity index (χ1n) is 8.56. The molecule has 0 saturated heterocycles. The quantitative estimate of drug-likeness (QED) is 0.633. The molecule has 0 fully saturated rings. The molecular weight excluding hydrogens is 366 g/mol. The molecule has 2 aromatic rings. The highest BCUT2D eigenvalue weighted by atomic mass is 32.1. The maximum absolute atomic E-state index is 12.1. The topological polar surface area (TPSA) is 96.5 Å². The van der Waals surface area contributed by atoms with Gasteiger partial charge < -0.3 is 10.1 Å². The molecule has 1 aromatic carbocycles. The zero-order valence-electron chi connectivity index (χ0n) is 15.5. The largest absolute Gasteiger partial charge is 0.496 e. The van der Waals surface area contributed by atoms with Gasteiger partial charge in [-0.15, -0.1) is 11.3 Å². The first-order valence-corrected chi connectivity index (χ1v) is 9.37. The number of carbonyl (C=O) groups excluding carboxylic acids is 3. The van der Waals surface area contributed by atoms with Crippen molar-refractivity contribution in [3.8, 4) is 5.75 Å². The van der Waals surface area contributed by atoms with Crippen LogP contribution in [0, 0.1) is 6.92 Å². The van der Waals surface area contributed by atoms with Gasteiger partial charge in [0.15, 0.2) is 0 Å². The number of methoxy groups -OCH3 is 1. The molecule has 0 atom stereocenters. The molecule has 0 unspecified atom stereocenters. The number of hydrogen-bond acceptors (Lipinski definition) is 5. The van der Waals surface area contributed by atoms with E-state index in [1.807, 2.05) is 13.8 Å². The van der Waals surface area contributed by atoms with E-state index in [0.717, 1.165) is 16.9 Å². The predicted octanol–water partition coefficient (Wildman–Crippen LogP) is 2.21. The van der Waals surface area contributed by atoms with Crippen molar-refractivity contribution in [1.82, 2.24) is 16.2 Å². The van der Waals surface area contributed by atoms with Crippen molar-refractivity contribution in [2.75, 3.05) is 13.7 Å². The normalized spacial score (nSPS) is 10.2. The summed E-state index contributed by atoms with van der Waals surface area (Å²) >= 11 is 1.41. The van der Waals surface area contributed by atoms with Crippen molar-refractivity contribution < 1.29 is 19.1 Å². The Hall–Kier alpha value is -2.87. The Bertz CT molecular complexity index is 832. The summed E-state index contributed by atoms with van der Waals surface area (Å²) in [6, 6.07) is 8.63. The van der Waals surface area contributed by atoms with E-state index in [4.69, 9.17) is 4.74 Å². The van der Waals surface area contributed by atoms with Crippen LogP contribution in [0.4, 0.5) is 0 Å². The van der Waals surface area contributed by atoms with Crippen LogP contribution in [0.3, 0.4) is 0 Å². The average molecular weight is 389 g/mol. The van der Waals surface area contributed by atoms with E-state index in [1.165, 1.54) is 18.4 Å². The van der Waals surface area contributed by atoms with E-state index < -0.39 is 5.91 Å². The lowest BCUT2D eigenvalue weighted by molar-refractivity contribution is -0.121. The summed E-state index contributed by atoms with van der Waals surface area (Å²) in [5.74, 6) is -0.614. The number of nitrogens with one attached hydrogen (secondary N) is 3. The molecule has 0 spiro atoms. The van der Waals surface area contributed by atoms with Crippen LogP contribution in [0.25, 0.3) is 0 Å². The Morgan fingerprint density at radius 1 is 1.11 bits per heavy atom. The fourth-order valence-electron chi connectivity index (χ4n) is 2.45. The molecule has 0 saturated carbocycles. The molecule has 7 nitrogen and oxygen atoms in total. The van der Waals surface area contributed by atoms with Gasteiger partial charge in [-0.1, -0.05) is 19.1 Å². The third-order valence-corrected chi connectivity index (χ3v) is 5.25. The standard InChI is InChI=1S/C19H23N3O4S/c1-4-15-12(2)11-16(27-15)19(25)22-21-17(23)9-10-20-18(24)13-7-5-6-8-14(13)26-3/h5-8,11H,4,9-10H2,1-3H3,(H,20,24)(H,21,23)(H,22,25). The van der Waals surface area contributed by atoms with Gasteiger partial charge >= 0.3 is 0 Å². The van der Waals surface area contributed by atoms with E-state index in [-0.39, 0.29) is 24.8 Å². The summed E-state index contributed by atoms with van der Waals surface area (Å²) in [7, 11) is 1.49. The second kappa shape index (κ2) is 9.72. The Morgan fingerprint density at radius 2 is 1.85 bits per heavy atom. The summed E-state index contributed by atoms with van der Waals surface area (Å²) in [5, 5.41) is 2.65. The van der Waals surface area contributed by atoms with Gasteiger partial charge in [0.1, 0.15) is 5.75 Å². The first kappa shape index (κ1) is 20.4. The van der Waals surface area contributed by atoms with Gasteiger partial charge in [-0.2, -0.15) is 0 Å². The highest BCUT2D eigenvalue weighted by molar-refractivity contribution is 7.14. The van der Waals surface area contributed by atoms with E-state index in [9.17, 15) is 14.4 Å². The van der Waals surface area contributed by atoms with E-state index in [1.54, 1.807) is 30.3 Å². The highest BCUT2D eigenvalue weighted by Crippen LogP contribution is 2.22. The van der Waals surface area contributed by atoms with Crippen LogP contribution < -0.4 is 20.9 Å². The van der Waals surface area contributed by atoms with Crippen molar-refractivity contribution in [1.29, 1.82) is 0 Å². The van der Waals surface area contributed by atoms with E-state index >= 15 is 0 Å². The number of hydrazine groups is 1. The molecule has 144 valence electrons. The summed E-state index contributed by atoms with van der Waals surface area (Å²) < 4.78 is 5.13. The van der Waals surface area contributed by atoms with Crippen molar-refractivity contribution in [3.05, 3.63) is 51.2 Å². The van der Waals surface area contributed by atoms with Crippen LogP contribution in [0.15, 0.2) is 30.3 Å². The van der Waals surface area contributed by atoms with E-state index in [0.29, 0.717) is 16.2 Å². The molecule has 0 aliphatic carbocycles. The van der Waals surface area contributed by atoms with Crippen LogP contribution in [0.2, 0.25) is 0 Å². The fourth-order valence-corrected chi connectivity index (χ4v) is 3.46. The Morgan fingerprint density at radius 3 is 2.52 bits per heavy atom. The van der Waals surface area contributed by atoms with Crippen LogP contribution in [0.5, 0.6) is 5.75 Å². The third kappa shape index (κ3) is 5.55. The van der Waals surface area contributed by atoms with Crippen molar-refractivity contribution in [3.63, 3.8) is 0 Å². The number of carbonyl (C=O) groups is 3. The summed E-state index contributed by atoms with van der Waals surface area (Å²) in [6.45, 7) is 4.12. The minimum atomic E-state index is -0.396. The van der Waals surface area contributed by atoms with Crippen molar-refractivity contribution in [2.24, 2.45) is 0 Å². The minimum absolute atomic E-state index is 0.0326. The van der Waals surface area contributed by atoms with Crippen molar-refractivity contribution in [2.45, 2.75) is 26.7 Å². The molecule has 0 radical (unpaired) electrons. The van der Waals surface area contributed by atoms with Crippen molar-refractivity contribution >= 4 is 29.1 Å². The lowest BCUT2D eigenvalue weighted by atomic mass is 10.2. The van der Waals surface area contributed by atoms with Gasteiger partial charge in [0.25, 0.3) is 11.8 Å². The van der Waals surface area contributed by atoms with Crippen LogP contribution >= 0.6 is 11.3 Å². The Labute approximate surface area is 162 Å². The van der Waals surface area contributed by atoms with Gasteiger partial charge in [0, 0.05) is 17.8 Å². The average Bonchev–Trinajstić information content (AvgIpc) is 3.06. The molecule has 2 rings (SSSR count).